The zero-order valence-corrected chi connectivity index (χ0v) is 8.26. The van der Waals surface area contributed by atoms with E-state index in [2.05, 4.69) is 36.4 Å². The van der Waals surface area contributed by atoms with Crippen LogP contribution >= 0.6 is 15.9 Å². The Kier molecular flexibility index (Phi) is 2.41. The lowest BCUT2D eigenvalue weighted by molar-refractivity contribution is 0.398. The van der Waals surface area contributed by atoms with Gasteiger partial charge in [-0.1, -0.05) is 6.42 Å². The van der Waals surface area contributed by atoms with Gasteiger partial charge in [-0.15, -0.1) is 5.10 Å². The molecule has 1 saturated heterocycles. The van der Waals surface area contributed by atoms with Gasteiger partial charge in [0.25, 0.3) is 0 Å². The van der Waals surface area contributed by atoms with Crippen LogP contribution in [0.25, 0.3) is 0 Å². The third-order valence-corrected chi connectivity index (χ3v) is 2.47. The summed E-state index contributed by atoms with van der Waals surface area (Å²) in [7, 11) is 0. The molecule has 1 aliphatic rings. The van der Waals surface area contributed by atoms with Crippen LogP contribution in [0.3, 0.4) is 0 Å². The Bertz CT molecular complexity index is 254. The van der Waals surface area contributed by atoms with Crippen LogP contribution in [0.1, 0.15) is 31.1 Å². The summed E-state index contributed by atoms with van der Waals surface area (Å²) in [4.78, 5) is 4.22. The molecule has 12 heavy (non-hydrogen) atoms. The number of aromatic nitrogens is 3. The Morgan fingerprint density at radius 2 is 2.33 bits per heavy atom. The zero-order chi connectivity index (χ0) is 8.39. The van der Waals surface area contributed by atoms with Crippen molar-refractivity contribution in [3.8, 4) is 0 Å². The number of nitrogens with one attached hydrogen (secondary N) is 2. The van der Waals surface area contributed by atoms with Crippen LogP contribution in [0.15, 0.2) is 4.73 Å². The summed E-state index contributed by atoms with van der Waals surface area (Å²) in [5, 5.41) is 10.2. The topological polar surface area (TPSA) is 53.6 Å². The second-order valence-electron chi connectivity index (χ2n) is 2.99. The van der Waals surface area contributed by atoms with E-state index in [0.717, 1.165) is 18.8 Å². The number of hydrogen-bond acceptors (Lipinski definition) is 3. The van der Waals surface area contributed by atoms with Gasteiger partial charge in [-0.3, -0.25) is 5.10 Å². The number of nitrogens with zero attached hydrogens (tertiary/aromatic N) is 2. The maximum absolute atomic E-state index is 4.22. The van der Waals surface area contributed by atoms with E-state index in [1.807, 2.05) is 0 Å². The SMILES string of the molecule is Brc1n[nH]c(C2CCCCN2)n1. The number of rotatable bonds is 1. The molecule has 1 aromatic heterocycles. The van der Waals surface area contributed by atoms with E-state index in [1.54, 1.807) is 0 Å². The third kappa shape index (κ3) is 1.67. The second-order valence-corrected chi connectivity index (χ2v) is 3.70. The Balaban J connectivity index is 2.08. The third-order valence-electron chi connectivity index (χ3n) is 2.12. The molecule has 66 valence electrons. The fraction of sp³-hybridized carbons (Fsp3) is 0.714. The highest BCUT2D eigenvalue weighted by atomic mass is 79.9. The van der Waals surface area contributed by atoms with Crippen molar-refractivity contribution in [1.82, 2.24) is 20.5 Å². The summed E-state index contributed by atoms with van der Waals surface area (Å²) in [5.74, 6) is 0.946. The van der Waals surface area contributed by atoms with E-state index in [-0.39, 0.29) is 0 Å². The normalized spacial score (nSPS) is 24.2. The minimum absolute atomic E-state index is 0.373. The smallest absolute Gasteiger partial charge is 0.217 e. The monoisotopic (exact) mass is 230 g/mol. The van der Waals surface area contributed by atoms with Crippen molar-refractivity contribution in [3.63, 3.8) is 0 Å². The Morgan fingerprint density at radius 1 is 1.42 bits per heavy atom. The molecule has 2 heterocycles. The Labute approximate surface area is 79.3 Å². The highest BCUT2D eigenvalue weighted by Gasteiger charge is 2.17. The maximum atomic E-state index is 4.22. The van der Waals surface area contributed by atoms with Crippen LogP contribution in [0, 0.1) is 0 Å². The van der Waals surface area contributed by atoms with Crippen LogP contribution in [0.2, 0.25) is 0 Å². The van der Waals surface area contributed by atoms with Crippen LogP contribution in [-0.2, 0) is 0 Å². The molecule has 1 unspecified atom stereocenters. The molecule has 0 radical (unpaired) electrons. The molecule has 0 aliphatic carbocycles. The average molecular weight is 231 g/mol. The lowest BCUT2D eigenvalue weighted by atomic mass is 10.1. The lowest BCUT2D eigenvalue weighted by Crippen LogP contribution is -2.27. The van der Waals surface area contributed by atoms with Crippen LogP contribution < -0.4 is 5.32 Å². The maximum Gasteiger partial charge on any atom is 0.217 e. The second kappa shape index (κ2) is 3.53. The molecule has 0 saturated carbocycles. The minimum Gasteiger partial charge on any atom is -0.307 e. The fourth-order valence-corrected chi connectivity index (χ4v) is 1.77. The van der Waals surface area contributed by atoms with Gasteiger partial charge in [-0.2, -0.15) is 0 Å². The van der Waals surface area contributed by atoms with Gasteiger partial charge in [0, 0.05) is 0 Å². The number of halogens is 1. The Hall–Kier alpha value is -0.420. The quantitative estimate of drug-likeness (QED) is 0.767. The van der Waals surface area contributed by atoms with E-state index in [1.165, 1.54) is 12.8 Å². The summed E-state index contributed by atoms with van der Waals surface area (Å²) in [6.07, 6.45) is 3.70. The van der Waals surface area contributed by atoms with Gasteiger partial charge in [-0.05, 0) is 35.3 Å². The number of piperidine rings is 1. The number of hydrogen-bond donors (Lipinski definition) is 2. The van der Waals surface area contributed by atoms with Gasteiger partial charge in [0.2, 0.25) is 4.73 Å². The zero-order valence-electron chi connectivity index (χ0n) is 6.68. The van der Waals surface area contributed by atoms with Crippen molar-refractivity contribution in [2.24, 2.45) is 0 Å². The van der Waals surface area contributed by atoms with Crippen molar-refractivity contribution in [3.05, 3.63) is 10.6 Å². The summed E-state index contributed by atoms with van der Waals surface area (Å²) < 4.78 is 0.643. The highest BCUT2D eigenvalue weighted by Crippen LogP contribution is 2.20. The summed E-state index contributed by atoms with van der Waals surface area (Å²) in [6, 6.07) is 0.373. The highest BCUT2D eigenvalue weighted by molar-refractivity contribution is 9.10. The van der Waals surface area contributed by atoms with Gasteiger partial charge in [-0.25, -0.2) is 4.98 Å². The molecule has 1 aromatic rings. The van der Waals surface area contributed by atoms with Crippen molar-refractivity contribution < 1.29 is 0 Å². The molecule has 1 atom stereocenters. The summed E-state index contributed by atoms with van der Waals surface area (Å²) >= 11 is 3.22. The fourth-order valence-electron chi connectivity index (χ4n) is 1.49. The molecule has 1 aliphatic heterocycles. The minimum atomic E-state index is 0.373. The summed E-state index contributed by atoms with van der Waals surface area (Å²) in [5.41, 5.74) is 0. The predicted octanol–water partition coefficient (Wildman–Crippen LogP) is 1.38. The standard InChI is InChI=1S/C7H11BrN4/c8-7-10-6(11-12-7)5-3-1-2-4-9-5/h5,9H,1-4H2,(H,10,11,12). The Morgan fingerprint density at radius 3 is 2.92 bits per heavy atom. The van der Waals surface area contributed by atoms with Crippen LogP contribution in [0.5, 0.6) is 0 Å². The molecule has 0 bridgehead atoms. The lowest BCUT2D eigenvalue weighted by Gasteiger charge is -2.20. The average Bonchev–Trinajstić information content (AvgIpc) is 2.54. The van der Waals surface area contributed by atoms with Gasteiger partial charge >= 0.3 is 0 Å². The molecule has 2 rings (SSSR count). The molecule has 0 spiro atoms. The van der Waals surface area contributed by atoms with Gasteiger partial charge in [0.05, 0.1) is 6.04 Å². The van der Waals surface area contributed by atoms with Crippen molar-refractivity contribution in [2.75, 3.05) is 6.54 Å². The van der Waals surface area contributed by atoms with E-state index < -0.39 is 0 Å². The molecular formula is C7H11BrN4. The first-order valence-corrected chi connectivity index (χ1v) is 4.97. The summed E-state index contributed by atoms with van der Waals surface area (Å²) in [6.45, 7) is 1.09. The largest absolute Gasteiger partial charge is 0.307 e. The first kappa shape index (κ1) is 8.19. The van der Waals surface area contributed by atoms with Crippen LogP contribution in [-0.4, -0.2) is 21.7 Å². The molecule has 4 nitrogen and oxygen atoms in total. The van der Waals surface area contributed by atoms with E-state index in [4.69, 9.17) is 0 Å². The van der Waals surface area contributed by atoms with E-state index in [9.17, 15) is 0 Å². The number of H-pyrrole nitrogens is 1. The van der Waals surface area contributed by atoms with Gasteiger partial charge in [0.15, 0.2) is 0 Å². The first-order valence-electron chi connectivity index (χ1n) is 4.17. The van der Waals surface area contributed by atoms with Crippen LogP contribution in [0.4, 0.5) is 0 Å². The van der Waals surface area contributed by atoms with Gasteiger partial charge < -0.3 is 5.32 Å². The molecule has 0 aromatic carbocycles. The van der Waals surface area contributed by atoms with Crippen molar-refractivity contribution >= 4 is 15.9 Å². The van der Waals surface area contributed by atoms with E-state index >= 15 is 0 Å². The first-order chi connectivity index (χ1) is 5.86. The van der Waals surface area contributed by atoms with Gasteiger partial charge in [0.1, 0.15) is 5.82 Å². The molecule has 0 amide bonds. The molecule has 2 N–H and O–H groups in total. The molecule has 1 fully saturated rings. The molecular weight excluding hydrogens is 220 g/mol. The predicted molar refractivity (Wildman–Crippen MR) is 48.7 cm³/mol. The van der Waals surface area contributed by atoms with Crippen molar-refractivity contribution in [1.29, 1.82) is 0 Å². The number of aromatic amines is 1. The molecule has 5 heteroatoms. The van der Waals surface area contributed by atoms with E-state index in [0.29, 0.717) is 10.8 Å². The van der Waals surface area contributed by atoms with Crippen molar-refractivity contribution in [2.45, 2.75) is 25.3 Å².